The Labute approximate surface area is 344 Å². The Morgan fingerprint density at radius 3 is 1.47 bits per heavy atom. The summed E-state index contributed by atoms with van der Waals surface area (Å²) in [7, 11) is 0. The van der Waals surface area contributed by atoms with Crippen molar-refractivity contribution in [3.8, 4) is 44.5 Å². The molecule has 11 rings (SSSR count). The molecule has 0 saturated heterocycles. The molecular formula is C58H39N. The van der Waals surface area contributed by atoms with Gasteiger partial charge in [-0.3, -0.25) is 0 Å². The Balaban J connectivity index is 1.08. The second-order valence-corrected chi connectivity index (χ2v) is 15.2. The predicted molar refractivity (Wildman–Crippen MR) is 253 cm³/mol. The molecule has 0 fully saturated rings. The molecule has 0 atom stereocenters. The Morgan fingerprint density at radius 1 is 0.237 bits per heavy atom. The summed E-state index contributed by atoms with van der Waals surface area (Å²) < 4.78 is 0. The maximum absolute atomic E-state index is 2.41. The minimum atomic E-state index is 1.10. The van der Waals surface area contributed by atoms with Crippen LogP contribution in [-0.4, -0.2) is 0 Å². The summed E-state index contributed by atoms with van der Waals surface area (Å²) in [4.78, 5) is 2.41. The number of fused-ring (bicyclic) bond motifs is 5. The van der Waals surface area contributed by atoms with E-state index in [4.69, 9.17) is 0 Å². The fourth-order valence-electron chi connectivity index (χ4n) is 9.10. The average molecular weight is 750 g/mol. The van der Waals surface area contributed by atoms with Crippen molar-refractivity contribution >= 4 is 60.2 Å². The van der Waals surface area contributed by atoms with Gasteiger partial charge in [-0.05, 0) is 119 Å². The number of benzene rings is 11. The lowest BCUT2D eigenvalue weighted by Gasteiger charge is -2.27. The molecule has 59 heavy (non-hydrogen) atoms. The van der Waals surface area contributed by atoms with E-state index in [-0.39, 0.29) is 0 Å². The summed E-state index contributed by atoms with van der Waals surface area (Å²) in [5.41, 5.74) is 13.1. The van der Waals surface area contributed by atoms with Gasteiger partial charge in [-0.15, -0.1) is 0 Å². The van der Waals surface area contributed by atoms with Gasteiger partial charge in [0.1, 0.15) is 0 Å². The van der Waals surface area contributed by atoms with Gasteiger partial charge in [0.15, 0.2) is 0 Å². The highest BCUT2D eigenvalue weighted by Gasteiger charge is 2.20. The van der Waals surface area contributed by atoms with E-state index in [1.165, 1.54) is 87.6 Å². The maximum atomic E-state index is 2.41. The molecular weight excluding hydrogens is 711 g/mol. The van der Waals surface area contributed by atoms with E-state index >= 15 is 0 Å². The quantitative estimate of drug-likeness (QED) is 0.147. The Kier molecular flexibility index (Phi) is 8.56. The molecule has 0 aliphatic rings. The van der Waals surface area contributed by atoms with Crippen LogP contribution in [0.2, 0.25) is 0 Å². The highest BCUT2D eigenvalue weighted by Crippen LogP contribution is 2.46. The summed E-state index contributed by atoms with van der Waals surface area (Å²) in [5.74, 6) is 0. The molecule has 0 aromatic heterocycles. The van der Waals surface area contributed by atoms with Crippen LogP contribution in [0.15, 0.2) is 237 Å². The average Bonchev–Trinajstić information content (AvgIpc) is 3.32. The van der Waals surface area contributed by atoms with Gasteiger partial charge in [0.05, 0.1) is 5.69 Å². The van der Waals surface area contributed by atoms with E-state index in [0.29, 0.717) is 0 Å². The van der Waals surface area contributed by atoms with Gasteiger partial charge in [-0.2, -0.15) is 0 Å². The largest absolute Gasteiger partial charge is 0.310 e. The molecule has 0 radical (unpaired) electrons. The second kappa shape index (κ2) is 14.6. The number of nitrogens with zero attached hydrogens (tertiary/aromatic N) is 1. The van der Waals surface area contributed by atoms with Crippen LogP contribution in [-0.2, 0) is 0 Å². The van der Waals surface area contributed by atoms with Crippen LogP contribution in [0.3, 0.4) is 0 Å². The number of rotatable bonds is 7. The van der Waals surface area contributed by atoms with E-state index in [2.05, 4.69) is 241 Å². The lowest BCUT2D eigenvalue weighted by atomic mass is 9.84. The molecule has 11 aromatic rings. The van der Waals surface area contributed by atoms with Crippen LogP contribution >= 0.6 is 0 Å². The first-order valence-electron chi connectivity index (χ1n) is 20.3. The SMILES string of the molecule is c1ccc(-c2c(-c3ccccc3)c3cc(-c4ccc(N(c5cccc(-c6cccc7ccccc67)c5)c5cccc6ccccc56)cc4)ccc3c3ccccc23)cc1. The fraction of sp³-hybridized carbons (Fsp3) is 0. The highest BCUT2D eigenvalue weighted by atomic mass is 15.1. The number of anilines is 3. The molecule has 276 valence electrons. The molecule has 0 heterocycles. The van der Waals surface area contributed by atoms with Crippen molar-refractivity contribution in [3.05, 3.63) is 237 Å². The standard InChI is InChI=1S/C58H39N/c1-3-18-43(19-4-1)57-54-29-12-11-28-52(54)53-37-34-45(39-55(53)58(57)44-20-5-2-6-21-44)40-32-35-47(36-33-40)59(56-31-15-23-42-17-8-10-27-51(42)56)48-25-13-24-46(38-48)50-30-14-22-41-16-7-9-26-49(41)50/h1-39H. The molecule has 0 aliphatic heterocycles. The first-order chi connectivity index (χ1) is 29.3. The molecule has 0 N–H and O–H groups in total. The van der Waals surface area contributed by atoms with Crippen LogP contribution in [0.1, 0.15) is 0 Å². The third-order valence-corrected chi connectivity index (χ3v) is 11.8. The minimum absolute atomic E-state index is 1.10. The summed E-state index contributed by atoms with van der Waals surface area (Å²) in [6, 6.07) is 86.2. The lowest BCUT2D eigenvalue weighted by Crippen LogP contribution is -2.10. The Hall–Kier alpha value is -7.74. The van der Waals surface area contributed by atoms with Gasteiger partial charge in [0.25, 0.3) is 0 Å². The zero-order valence-corrected chi connectivity index (χ0v) is 32.5. The topological polar surface area (TPSA) is 3.24 Å². The molecule has 1 nitrogen and oxygen atoms in total. The number of hydrogen-bond donors (Lipinski definition) is 0. The molecule has 0 aliphatic carbocycles. The van der Waals surface area contributed by atoms with Crippen molar-refractivity contribution in [2.45, 2.75) is 0 Å². The zero-order chi connectivity index (χ0) is 39.1. The highest BCUT2D eigenvalue weighted by molar-refractivity contribution is 6.22. The van der Waals surface area contributed by atoms with Gasteiger partial charge in [0.2, 0.25) is 0 Å². The molecule has 0 unspecified atom stereocenters. The van der Waals surface area contributed by atoms with E-state index < -0.39 is 0 Å². The molecule has 1 heteroatoms. The van der Waals surface area contributed by atoms with Gasteiger partial charge in [-0.1, -0.05) is 200 Å². The molecule has 0 amide bonds. The first-order valence-corrected chi connectivity index (χ1v) is 20.3. The maximum Gasteiger partial charge on any atom is 0.0540 e. The number of hydrogen-bond acceptors (Lipinski definition) is 1. The predicted octanol–water partition coefficient (Wildman–Crippen LogP) is 16.4. The van der Waals surface area contributed by atoms with Crippen LogP contribution in [0, 0.1) is 0 Å². The van der Waals surface area contributed by atoms with Gasteiger partial charge in [-0.25, -0.2) is 0 Å². The minimum Gasteiger partial charge on any atom is -0.310 e. The normalized spacial score (nSPS) is 11.4. The molecule has 11 aromatic carbocycles. The van der Waals surface area contributed by atoms with Crippen molar-refractivity contribution in [2.24, 2.45) is 0 Å². The van der Waals surface area contributed by atoms with Crippen molar-refractivity contribution in [1.29, 1.82) is 0 Å². The molecule has 0 spiro atoms. The molecule has 0 saturated carbocycles. The lowest BCUT2D eigenvalue weighted by molar-refractivity contribution is 1.30. The van der Waals surface area contributed by atoms with Crippen LogP contribution in [0.5, 0.6) is 0 Å². The van der Waals surface area contributed by atoms with Gasteiger partial charge in [0, 0.05) is 16.8 Å². The van der Waals surface area contributed by atoms with E-state index in [1.807, 2.05) is 0 Å². The Morgan fingerprint density at radius 2 is 0.746 bits per heavy atom. The van der Waals surface area contributed by atoms with Crippen LogP contribution in [0.4, 0.5) is 17.1 Å². The third-order valence-electron chi connectivity index (χ3n) is 11.8. The summed E-state index contributed by atoms with van der Waals surface area (Å²) in [5, 5.41) is 9.95. The van der Waals surface area contributed by atoms with E-state index in [1.54, 1.807) is 0 Å². The van der Waals surface area contributed by atoms with Crippen molar-refractivity contribution in [1.82, 2.24) is 0 Å². The fourth-order valence-corrected chi connectivity index (χ4v) is 9.10. The summed E-state index contributed by atoms with van der Waals surface area (Å²) in [6.07, 6.45) is 0. The second-order valence-electron chi connectivity index (χ2n) is 15.2. The molecule has 0 bridgehead atoms. The smallest absolute Gasteiger partial charge is 0.0540 e. The van der Waals surface area contributed by atoms with Crippen LogP contribution < -0.4 is 4.90 Å². The van der Waals surface area contributed by atoms with Crippen molar-refractivity contribution < 1.29 is 0 Å². The zero-order valence-electron chi connectivity index (χ0n) is 32.5. The summed E-state index contributed by atoms with van der Waals surface area (Å²) >= 11 is 0. The Bertz CT molecular complexity index is 3300. The third kappa shape index (κ3) is 6.12. The first kappa shape index (κ1) is 34.5. The van der Waals surface area contributed by atoms with Crippen molar-refractivity contribution in [2.75, 3.05) is 4.90 Å². The monoisotopic (exact) mass is 749 g/mol. The van der Waals surface area contributed by atoms with Crippen LogP contribution in [0.25, 0.3) is 87.6 Å². The van der Waals surface area contributed by atoms with Gasteiger partial charge < -0.3 is 4.90 Å². The van der Waals surface area contributed by atoms with E-state index in [0.717, 1.165) is 17.1 Å². The van der Waals surface area contributed by atoms with E-state index in [9.17, 15) is 0 Å². The van der Waals surface area contributed by atoms with Gasteiger partial charge >= 0.3 is 0 Å². The van der Waals surface area contributed by atoms with Crippen molar-refractivity contribution in [3.63, 3.8) is 0 Å². The summed E-state index contributed by atoms with van der Waals surface area (Å²) in [6.45, 7) is 0.